The minimum absolute atomic E-state index is 0.0617. The van der Waals surface area contributed by atoms with Crippen LogP contribution in [0.1, 0.15) is 12.8 Å². The van der Waals surface area contributed by atoms with E-state index in [4.69, 9.17) is 5.11 Å². The van der Waals surface area contributed by atoms with Crippen LogP contribution in [0.25, 0.3) is 0 Å². The lowest BCUT2D eigenvalue weighted by molar-refractivity contribution is -0.133. The molecule has 9 nitrogen and oxygen atoms in total. The van der Waals surface area contributed by atoms with E-state index in [2.05, 4.69) is 10.2 Å². The molecule has 3 aliphatic heterocycles. The predicted octanol–water partition coefficient (Wildman–Crippen LogP) is -0.909. The van der Waals surface area contributed by atoms with Crippen LogP contribution in [-0.4, -0.2) is 88.7 Å². The van der Waals surface area contributed by atoms with E-state index < -0.39 is 6.09 Å². The minimum atomic E-state index is -1.20. The molecule has 9 heteroatoms. The van der Waals surface area contributed by atoms with Gasteiger partial charge in [0.15, 0.2) is 0 Å². The third-order valence-electron chi connectivity index (χ3n) is 4.53. The first-order chi connectivity index (χ1) is 11.0. The summed E-state index contributed by atoms with van der Waals surface area (Å²) in [5.41, 5.74) is 0.747. The summed E-state index contributed by atoms with van der Waals surface area (Å²) < 4.78 is 0. The highest BCUT2D eigenvalue weighted by Gasteiger charge is 2.40. The van der Waals surface area contributed by atoms with Crippen molar-refractivity contribution in [2.75, 3.05) is 40.0 Å². The molecule has 3 aliphatic rings. The van der Waals surface area contributed by atoms with Crippen molar-refractivity contribution in [2.45, 2.75) is 18.9 Å². The Kier molecular flexibility index (Phi) is 4.01. The van der Waals surface area contributed by atoms with E-state index in [9.17, 15) is 14.4 Å². The number of nitrogens with zero attached hydrogens (tertiary/aromatic N) is 4. The Morgan fingerprint density at radius 2 is 2.00 bits per heavy atom. The summed E-state index contributed by atoms with van der Waals surface area (Å²) in [6.07, 6.45) is 2.12. The molecule has 0 bridgehead atoms. The molecule has 0 atom stereocenters. The van der Waals surface area contributed by atoms with Gasteiger partial charge in [-0.2, -0.15) is 0 Å². The van der Waals surface area contributed by atoms with Gasteiger partial charge in [-0.15, -0.1) is 0 Å². The molecule has 0 aromatic heterocycles. The zero-order chi connectivity index (χ0) is 16.6. The van der Waals surface area contributed by atoms with Crippen molar-refractivity contribution in [2.24, 2.45) is 0 Å². The van der Waals surface area contributed by atoms with Gasteiger partial charge >= 0.3 is 6.09 Å². The number of carboxylic acid groups (broad SMARTS) is 1. The molecule has 0 radical (unpaired) electrons. The quantitative estimate of drug-likeness (QED) is 0.698. The molecule has 0 aromatic carbocycles. The Labute approximate surface area is 134 Å². The van der Waals surface area contributed by atoms with Crippen molar-refractivity contribution in [1.29, 1.82) is 0 Å². The van der Waals surface area contributed by atoms with Crippen LogP contribution in [0.4, 0.5) is 4.79 Å². The van der Waals surface area contributed by atoms with Gasteiger partial charge in [0.1, 0.15) is 12.2 Å². The Hall–Kier alpha value is -2.45. The highest BCUT2D eigenvalue weighted by atomic mass is 16.4. The van der Waals surface area contributed by atoms with Crippen molar-refractivity contribution in [3.8, 4) is 0 Å². The number of hydrogen-bond donors (Lipinski definition) is 2. The standard InChI is InChI=1S/C14H21N5O4/c1-16-7-11-13(21)19(9-18(11)8-16)10-2-4-17(5-3-10)12(20)6-15-14(22)23/h7,10,15H,2-6,8-9H2,1H3,(H,22,23). The molecule has 0 aromatic rings. The van der Waals surface area contributed by atoms with Crippen molar-refractivity contribution >= 4 is 17.9 Å². The number of carbonyl (C=O) groups is 3. The molecular weight excluding hydrogens is 302 g/mol. The zero-order valence-electron chi connectivity index (χ0n) is 13.1. The fourth-order valence-corrected chi connectivity index (χ4v) is 3.35. The first-order valence-electron chi connectivity index (χ1n) is 7.68. The Bertz CT molecular complexity index is 555. The van der Waals surface area contributed by atoms with Gasteiger partial charge in [-0.3, -0.25) is 9.59 Å². The fraction of sp³-hybridized carbons (Fsp3) is 0.643. The number of amides is 3. The maximum absolute atomic E-state index is 12.5. The lowest BCUT2D eigenvalue weighted by Gasteiger charge is -2.36. The normalized spacial score (nSPS) is 21.6. The van der Waals surface area contributed by atoms with Gasteiger partial charge in [0.25, 0.3) is 5.91 Å². The van der Waals surface area contributed by atoms with Gasteiger partial charge < -0.3 is 30.0 Å². The molecule has 0 unspecified atom stereocenters. The SMILES string of the molecule is CN1C=C2C(=O)N(C3CCN(C(=O)CNC(=O)O)CC3)CN2C1. The average Bonchev–Trinajstić information content (AvgIpc) is 3.03. The third kappa shape index (κ3) is 3.03. The van der Waals surface area contributed by atoms with Crippen LogP contribution in [-0.2, 0) is 9.59 Å². The van der Waals surface area contributed by atoms with Gasteiger partial charge in [0.05, 0.1) is 13.3 Å². The maximum Gasteiger partial charge on any atom is 0.405 e. The highest BCUT2D eigenvalue weighted by Crippen LogP contribution is 2.28. The third-order valence-corrected chi connectivity index (χ3v) is 4.53. The summed E-state index contributed by atoms with van der Waals surface area (Å²) in [6, 6.07) is 0.135. The molecule has 3 heterocycles. The average molecular weight is 323 g/mol. The minimum Gasteiger partial charge on any atom is -0.465 e. The van der Waals surface area contributed by atoms with Gasteiger partial charge in [0, 0.05) is 32.4 Å². The first-order valence-corrected chi connectivity index (χ1v) is 7.68. The van der Waals surface area contributed by atoms with Gasteiger partial charge in [-0.25, -0.2) is 4.79 Å². The summed E-state index contributed by atoms with van der Waals surface area (Å²) in [7, 11) is 1.94. The van der Waals surface area contributed by atoms with Crippen molar-refractivity contribution < 1.29 is 19.5 Å². The first kappa shape index (κ1) is 15.4. The molecule has 23 heavy (non-hydrogen) atoms. The summed E-state index contributed by atoms with van der Waals surface area (Å²) >= 11 is 0. The molecular formula is C14H21N5O4. The Morgan fingerprint density at radius 3 is 2.61 bits per heavy atom. The molecule has 126 valence electrons. The van der Waals surface area contributed by atoms with E-state index in [0.717, 1.165) is 25.2 Å². The topological polar surface area (TPSA) is 96.4 Å². The molecule has 2 saturated heterocycles. The van der Waals surface area contributed by atoms with Gasteiger partial charge in [-0.05, 0) is 12.8 Å². The molecule has 2 N–H and O–H groups in total. The highest BCUT2D eigenvalue weighted by molar-refractivity contribution is 5.95. The van der Waals surface area contributed by atoms with Crippen molar-refractivity contribution in [3.05, 3.63) is 11.9 Å². The Morgan fingerprint density at radius 1 is 1.30 bits per heavy atom. The lowest BCUT2D eigenvalue weighted by Crippen LogP contribution is -2.49. The second-order valence-electron chi connectivity index (χ2n) is 6.14. The predicted molar refractivity (Wildman–Crippen MR) is 79.9 cm³/mol. The van der Waals surface area contributed by atoms with Crippen LogP contribution in [0.15, 0.2) is 11.9 Å². The molecule has 0 aliphatic carbocycles. The summed E-state index contributed by atoms with van der Waals surface area (Å²) in [4.78, 5) is 42.4. The van der Waals surface area contributed by atoms with Crippen LogP contribution in [0.3, 0.4) is 0 Å². The van der Waals surface area contributed by atoms with Crippen LogP contribution >= 0.6 is 0 Å². The molecule has 0 spiro atoms. The number of rotatable bonds is 3. The van der Waals surface area contributed by atoms with Gasteiger partial charge in [-0.1, -0.05) is 0 Å². The summed E-state index contributed by atoms with van der Waals surface area (Å²) in [5.74, 6) is -0.157. The van der Waals surface area contributed by atoms with Crippen molar-refractivity contribution in [1.82, 2.24) is 24.9 Å². The number of hydrogen-bond acceptors (Lipinski definition) is 5. The van der Waals surface area contributed by atoms with E-state index in [0.29, 0.717) is 19.8 Å². The van der Waals surface area contributed by atoms with E-state index >= 15 is 0 Å². The van der Waals surface area contributed by atoms with Crippen molar-refractivity contribution in [3.63, 3.8) is 0 Å². The number of fused-ring (bicyclic) bond motifs is 1. The van der Waals surface area contributed by atoms with Gasteiger partial charge in [0.2, 0.25) is 5.91 Å². The number of likely N-dealkylation sites (tertiary alicyclic amines) is 1. The van der Waals surface area contributed by atoms with E-state index in [1.807, 2.05) is 23.0 Å². The summed E-state index contributed by atoms with van der Waals surface area (Å²) in [5, 5.41) is 10.6. The monoisotopic (exact) mass is 323 g/mol. The van der Waals surface area contributed by atoms with Crippen LogP contribution in [0.2, 0.25) is 0 Å². The second kappa shape index (κ2) is 5.98. The molecule has 2 fully saturated rings. The second-order valence-corrected chi connectivity index (χ2v) is 6.14. The fourth-order valence-electron chi connectivity index (χ4n) is 3.35. The number of carbonyl (C=O) groups excluding carboxylic acids is 2. The van der Waals surface area contributed by atoms with Crippen LogP contribution in [0.5, 0.6) is 0 Å². The largest absolute Gasteiger partial charge is 0.465 e. The number of piperidine rings is 1. The van der Waals surface area contributed by atoms with E-state index in [1.165, 1.54) is 0 Å². The molecule has 0 saturated carbocycles. The number of nitrogens with one attached hydrogen (secondary N) is 1. The van der Waals surface area contributed by atoms with E-state index in [1.54, 1.807) is 4.90 Å². The summed E-state index contributed by atoms with van der Waals surface area (Å²) in [6.45, 7) is 2.24. The zero-order valence-corrected chi connectivity index (χ0v) is 13.1. The van der Waals surface area contributed by atoms with Crippen LogP contribution < -0.4 is 5.32 Å². The Balaban J connectivity index is 1.52. The van der Waals surface area contributed by atoms with Crippen LogP contribution in [0, 0.1) is 0 Å². The van der Waals surface area contributed by atoms with E-state index in [-0.39, 0.29) is 24.4 Å². The smallest absolute Gasteiger partial charge is 0.405 e. The maximum atomic E-state index is 12.5. The lowest BCUT2D eigenvalue weighted by atomic mass is 10.0. The molecule has 3 amide bonds. The molecule has 3 rings (SSSR count).